The van der Waals surface area contributed by atoms with Gasteiger partial charge in [0, 0.05) is 6.42 Å². The van der Waals surface area contributed by atoms with Gasteiger partial charge in [-0.1, -0.05) is 6.92 Å². The lowest BCUT2D eigenvalue weighted by Crippen LogP contribution is -2.19. The van der Waals surface area contributed by atoms with Crippen molar-refractivity contribution >= 4 is 12.3 Å². The van der Waals surface area contributed by atoms with E-state index in [0.717, 1.165) is 0 Å². The Bertz CT molecular complexity index is 79.8. The first-order chi connectivity index (χ1) is 3.31. The van der Waals surface area contributed by atoms with Gasteiger partial charge in [0.15, 0.2) is 0 Å². The van der Waals surface area contributed by atoms with E-state index in [2.05, 4.69) is 0 Å². The zero-order valence-electron chi connectivity index (χ0n) is 4.10. The van der Waals surface area contributed by atoms with E-state index in [1.54, 1.807) is 6.92 Å². The number of carbonyl (C=O) groups excluding carboxylic acids is 2. The van der Waals surface area contributed by atoms with Crippen LogP contribution in [0.4, 0.5) is 0 Å². The second-order valence-electron chi connectivity index (χ2n) is 1.04. The Morgan fingerprint density at radius 1 is 1.86 bits per heavy atom. The molecule has 0 aliphatic carbocycles. The highest BCUT2D eigenvalue weighted by atomic mass is 16.2. The molecule has 0 aromatic heterocycles. The Labute approximate surface area is 41.7 Å². The summed E-state index contributed by atoms with van der Waals surface area (Å²) in [5.74, 6) is -0.241. The van der Waals surface area contributed by atoms with Crippen LogP contribution in [0.5, 0.6) is 0 Å². The van der Waals surface area contributed by atoms with E-state index < -0.39 is 0 Å². The summed E-state index contributed by atoms with van der Waals surface area (Å²) in [6.45, 7) is 1.68. The Kier molecular flexibility index (Phi) is 2.92. The molecule has 0 unspecified atom stereocenters. The molecule has 0 aromatic rings. The number of hydrogen-bond acceptors (Lipinski definition) is 2. The minimum atomic E-state index is -0.241. The van der Waals surface area contributed by atoms with Crippen molar-refractivity contribution < 1.29 is 9.59 Å². The van der Waals surface area contributed by atoms with Crippen molar-refractivity contribution in [2.45, 2.75) is 13.3 Å². The van der Waals surface area contributed by atoms with Crippen molar-refractivity contribution in [3.63, 3.8) is 0 Å². The molecule has 0 aromatic carbocycles. The third-order valence-corrected chi connectivity index (χ3v) is 0.541. The van der Waals surface area contributed by atoms with Crippen molar-refractivity contribution in [3.8, 4) is 0 Å². The molecule has 0 bridgehead atoms. The second kappa shape index (κ2) is 3.33. The van der Waals surface area contributed by atoms with Crippen molar-refractivity contribution in [2.24, 2.45) is 0 Å². The summed E-state index contributed by atoms with van der Waals surface area (Å²) in [6, 6.07) is 0. The van der Waals surface area contributed by atoms with E-state index in [1.165, 1.54) is 0 Å². The minimum Gasteiger partial charge on any atom is -0.299 e. The molecule has 0 atom stereocenters. The Morgan fingerprint density at radius 2 is 2.43 bits per heavy atom. The van der Waals surface area contributed by atoms with Crippen molar-refractivity contribution in [1.82, 2.24) is 5.32 Å². The molecular formula is C4H7NO2. The van der Waals surface area contributed by atoms with Crippen LogP contribution in [0.3, 0.4) is 0 Å². The van der Waals surface area contributed by atoms with Gasteiger partial charge in [0.05, 0.1) is 0 Å². The van der Waals surface area contributed by atoms with Crippen LogP contribution in [0.15, 0.2) is 0 Å². The molecule has 0 heterocycles. The summed E-state index contributed by atoms with van der Waals surface area (Å²) in [4.78, 5) is 19.5. The zero-order valence-corrected chi connectivity index (χ0v) is 4.10. The van der Waals surface area contributed by atoms with E-state index in [-0.39, 0.29) is 5.91 Å². The van der Waals surface area contributed by atoms with Crippen LogP contribution in [-0.4, -0.2) is 12.3 Å². The molecule has 7 heavy (non-hydrogen) atoms. The highest BCUT2D eigenvalue weighted by Crippen LogP contribution is 1.68. The summed E-state index contributed by atoms with van der Waals surface area (Å²) in [7, 11) is 0. The predicted molar refractivity (Wildman–Crippen MR) is 24.5 cm³/mol. The van der Waals surface area contributed by atoms with Gasteiger partial charge < -0.3 is 0 Å². The van der Waals surface area contributed by atoms with Crippen LogP contribution >= 0.6 is 0 Å². The lowest BCUT2D eigenvalue weighted by molar-refractivity contribution is -0.124. The smallest absolute Gasteiger partial charge is 0.226 e. The molecule has 40 valence electrons. The van der Waals surface area contributed by atoms with E-state index in [0.29, 0.717) is 12.8 Å². The van der Waals surface area contributed by atoms with Gasteiger partial charge in [-0.2, -0.15) is 0 Å². The second-order valence-corrected chi connectivity index (χ2v) is 1.04. The van der Waals surface area contributed by atoms with Gasteiger partial charge in [0.2, 0.25) is 12.3 Å². The molecule has 0 fully saturated rings. The first-order valence-corrected chi connectivity index (χ1v) is 2.04. The fourth-order valence-electron chi connectivity index (χ4n) is 0.168. The van der Waals surface area contributed by atoms with E-state index in [4.69, 9.17) is 0 Å². The molecule has 0 spiro atoms. The summed E-state index contributed by atoms with van der Waals surface area (Å²) >= 11 is 0. The highest BCUT2D eigenvalue weighted by Gasteiger charge is 1.88. The third kappa shape index (κ3) is 2.96. The summed E-state index contributed by atoms with van der Waals surface area (Å²) in [5.41, 5.74) is 0. The van der Waals surface area contributed by atoms with Crippen LogP contribution in [0.1, 0.15) is 13.3 Å². The molecule has 2 amide bonds. The molecule has 0 aliphatic rings. The number of carbonyl (C=O) groups is 2. The minimum absolute atomic E-state index is 0.241. The van der Waals surface area contributed by atoms with Gasteiger partial charge >= 0.3 is 0 Å². The molecule has 0 saturated carbocycles. The molecule has 0 aliphatic heterocycles. The summed E-state index contributed by atoms with van der Waals surface area (Å²) in [6.07, 6.45) is 0.741. The maximum absolute atomic E-state index is 10.1. The largest absolute Gasteiger partial charge is 0.299 e. The van der Waals surface area contributed by atoms with Gasteiger partial charge in [-0.05, 0) is 0 Å². The fourth-order valence-corrected chi connectivity index (χ4v) is 0.168. The van der Waals surface area contributed by atoms with Crippen LogP contribution < -0.4 is 5.32 Å². The van der Waals surface area contributed by atoms with Gasteiger partial charge in [-0.25, -0.2) is 0 Å². The van der Waals surface area contributed by atoms with Crippen molar-refractivity contribution in [2.75, 3.05) is 0 Å². The molecule has 3 heteroatoms. The third-order valence-electron chi connectivity index (χ3n) is 0.541. The molecule has 0 radical (unpaired) electrons. The lowest BCUT2D eigenvalue weighted by Gasteiger charge is -1.86. The quantitative estimate of drug-likeness (QED) is 0.484. The number of nitrogens with one attached hydrogen (secondary N) is 1. The first kappa shape index (κ1) is 6.14. The number of rotatable bonds is 2. The molecule has 1 N–H and O–H groups in total. The van der Waals surface area contributed by atoms with Gasteiger partial charge in [-0.3, -0.25) is 14.9 Å². The predicted octanol–water partition coefficient (Wildman–Crippen LogP) is -0.331. The summed E-state index contributed by atoms with van der Waals surface area (Å²) in [5, 5.41) is 1.98. The van der Waals surface area contributed by atoms with E-state index in [9.17, 15) is 9.59 Å². The SMILES string of the molecule is CCC(=O)NC=O. The highest BCUT2D eigenvalue weighted by molar-refractivity contribution is 5.85. The molecule has 3 nitrogen and oxygen atoms in total. The zero-order chi connectivity index (χ0) is 5.70. The average Bonchev–Trinajstić information content (AvgIpc) is 1.68. The number of hydrogen-bond donors (Lipinski definition) is 1. The maximum atomic E-state index is 10.1. The summed E-state index contributed by atoms with van der Waals surface area (Å²) < 4.78 is 0. The molecule has 0 saturated heterocycles. The van der Waals surface area contributed by atoms with E-state index in [1.807, 2.05) is 5.32 Å². The van der Waals surface area contributed by atoms with Crippen LogP contribution in [0, 0.1) is 0 Å². The average molecular weight is 101 g/mol. The van der Waals surface area contributed by atoms with E-state index >= 15 is 0 Å². The van der Waals surface area contributed by atoms with Gasteiger partial charge in [0.1, 0.15) is 0 Å². The number of imide groups is 1. The standard InChI is InChI=1S/C4H7NO2/c1-2-4(7)5-3-6/h3H,2H2,1H3,(H,5,6,7). The molecule has 0 rings (SSSR count). The van der Waals surface area contributed by atoms with Crippen LogP contribution in [-0.2, 0) is 9.59 Å². The maximum Gasteiger partial charge on any atom is 0.226 e. The van der Waals surface area contributed by atoms with Gasteiger partial charge in [-0.15, -0.1) is 0 Å². The van der Waals surface area contributed by atoms with Crippen molar-refractivity contribution in [3.05, 3.63) is 0 Å². The lowest BCUT2D eigenvalue weighted by atomic mass is 10.5. The van der Waals surface area contributed by atoms with Crippen LogP contribution in [0.25, 0.3) is 0 Å². The Balaban J connectivity index is 3.17. The monoisotopic (exact) mass is 101 g/mol. The first-order valence-electron chi connectivity index (χ1n) is 2.04. The van der Waals surface area contributed by atoms with Crippen molar-refractivity contribution in [1.29, 1.82) is 0 Å². The Morgan fingerprint density at radius 3 is 2.57 bits per heavy atom. The molecular weight excluding hydrogens is 94.0 g/mol. The Hall–Kier alpha value is -0.860. The van der Waals surface area contributed by atoms with Gasteiger partial charge in [0.25, 0.3) is 0 Å². The van der Waals surface area contributed by atoms with Crippen LogP contribution in [0.2, 0.25) is 0 Å². The number of amides is 2. The normalized spacial score (nSPS) is 7.57. The fraction of sp³-hybridized carbons (Fsp3) is 0.500. The topological polar surface area (TPSA) is 46.2 Å².